The SMILES string of the molecule is CC(C)(C)OC(=O)N1CCc2c(cc(Cc3ccccc3F)c(=O)n2CC2CCC2)C1. The van der Waals surface area contributed by atoms with Gasteiger partial charge in [-0.1, -0.05) is 24.6 Å². The number of amides is 1. The summed E-state index contributed by atoms with van der Waals surface area (Å²) in [6.07, 6.45) is 4.02. The van der Waals surface area contributed by atoms with Crippen LogP contribution in [-0.4, -0.2) is 27.7 Å². The number of pyridine rings is 1. The Morgan fingerprint density at radius 3 is 2.58 bits per heavy atom. The number of rotatable bonds is 4. The minimum atomic E-state index is -0.559. The van der Waals surface area contributed by atoms with Crippen LogP contribution in [-0.2, 0) is 30.7 Å². The van der Waals surface area contributed by atoms with Gasteiger partial charge in [0.2, 0.25) is 0 Å². The van der Waals surface area contributed by atoms with Crippen LogP contribution >= 0.6 is 0 Å². The maximum atomic E-state index is 14.3. The van der Waals surface area contributed by atoms with Crippen molar-refractivity contribution in [3.63, 3.8) is 0 Å². The highest BCUT2D eigenvalue weighted by molar-refractivity contribution is 5.68. The summed E-state index contributed by atoms with van der Waals surface area (Å²) in [4.78, 5) is 27.7. The van der Waals surface area contributed by atoms with Crippen LogP contribution in [0.2, 0.25) is 0 Å². The zero-order chi connectivity index (χ0) is 22.2. The Balaban J connectivity index is 1.68. The molecule has 1 fully saturated rings. The number of benzene rings is 1. The quantitative estimate of drug-likeness (QED) is 0.714. The molecule has 0 radical (unpaired) electrons. The molecular weight excluding hydrogens is 395 g/mol. The maximum absolute atomic E-state index is 14.3. The molecule has 0 atom stereocenters. The zero-order valence-corrected chi connectivity index (χ0v) is 18.6. The van der Waals surface area contributed by atoms with E-state index < -0.39 is 5.60 Å². The standard InChI is InChI=1S/C25H31FN2O3/c1-25(2,3)31-24(30)27-12-11-22-20(16-27)14-19(13-18-9-4-5-10-21(18)26)23(29)28(22)15-17-7-6-8-17/h4-5,9-10,14,17H,6-8,11-13,15-16H2,1-3H3. The second-order valence-corrected chi connectivity index (χ2v) is 9.77. The smallest absolute Gasteiger partial charge is 0.410 e. The summed E-state index contributed by atoms with van der Waals surface area (Å²) in [6.45, 7) is 7.19. The predicted octanol–water partition coefficient (Wildman–Crippen LogP) is 4.67. The van der Waals surface area contributed by atoms with Crippen LogP contribution in [0.1, 0.15) is 62.4 Å². The van der Waals surface area contributed by atoms with Gasteiger partial charge in [-0.3, -0.25) is 4.79 Å². The van der Waals surface area contributed by atoms with Crippen molar-refractivity contribution in [3.8, 4) is 0 Å². The molecule has 2 aliphatic rings. The Hall–Kier alpha value is -2.63. The first-order chi connectivity index (χ1) is 14.7. The fourth-order valence-corrected chi connectivity index (χ4v) is 4.37. The third-order valence-electron chi connectivity index (χ3n) is 6.20. The molecule has 1 saturated carbocycles. The molecule has 0 spiro atoms. The molecule has 0 bridgehead atoms. The van der Waals surface area contributed by atoms with Crippen molar-refractivity contribution in [2.75, 3.05) is 6.54 Å². The first-order valence-electron chi connectivity index (χ1n) is 11.2. The monoisotopic (exact) mass is 426 g/mol. The molecular formula is C25H31FN2O3. The maximum Gasteiger partial charge on any atom is 0.410 e. The molecule has 1 aliphatic carbocycles. The Labute approximate surface area is 182 Å². The second-order valence-electron chi connectivity index (χ2n) is 9.77. The van der Waals surface area contributed by atoms with Crippen molar-refractivity contribution >= 4 is 6.09 Å². The highest BCUT2D eigenvalue weighted by Gasteiger charge is 2.29. The van der Waals surface area contributed by atoms with Crippen LogP contribution in [0.15, 0.2) is 35.1 Å². The summed E-state index contributed by atoms with van der Waals surface area (Å²) >= 11 is 0. The number of aromatic nitrogens is 1. The Kier molecular flexibility index (Phi) is 5.91. The van der Waals surface area contributed by atoms with Crippen LogP contribution in [0.5, 0.6) is 0 Å². The average molecular weight is 427 g/mol. The van der Waals surface area contributed by atoms with Gasteiger partial charge >= 0.3 is 6.09 Å². The molecule has 2 aromatic rings. The van der Waals surface area contributed by atoms with E-state index in [9.17, 15) is 14.0 Å². The number of nitrogens with zero attached hydrogens (tertiary/aromatic N) is 2. The third kappa shape index (κ3) is 4.83. The van der Waals surface area contributed by atoms with Gasteiger partial charge in [-0.15, -0.1) is 0 Å². The van der Waals surface area contributed by atoms with Gasteiger partial charge in [0.15, 0.2) is 0 Å². The highest BCUT2D eigenvalue weighted by Crippen LogP contribution is 2.29. The summed E-state index contributed by atoms with van der Waals surface area (Å²) < 4.78 is 21.7. The van der Waals surface area contributed by atoms with E-state index in [1.165, 1.54) is 12.5 Å². The van der Waals surface area contributed by atoms with E-state index >= 15 is 0 Å². The van der Waals surface area contributed by atoms with Crippen LogP contribution in [0, 0.1) is 11.7 Å². The molecule has 1 aliphatic heterocycles. The zero-order valence-electron chi connectivity index (χ0n) is 18.6. The van der Waals surface area contributed by atoms with Gasteiger partial charge in [0.25, 0.3) is 5.56 Å². The molecule has 31 heavy (non-hydrogen) atoms. The fourth-order valence-electron chi connectivity index (χ4n) is 4.37. The lowest BCUT2D eigenvalue weighted by atomic mass is 9.85. The Morgan fingerprint density at radius 1 is 1.19 bits per heavy atom. The molecule has 1 aromatic carbocycles. The molecule has 2 heterocycles. The molecule has 5 nitrogen and oxygen atoms in total. The molecule has 0 unspecified atom stereocenters. The average Bonchev–Trinajstić information content (AvgIpc) is 2.66. The molecule has 0 N–H and O–H groups in total. The van der Waals surface area contributed by atoms with Gasteiger partial charge in [-0.05, 0) is 62.8 Å². The van der Waals surface area contributed by atoms with E-state index in [0.29, 0.717) is 43.1 Å². The van der Waals surface area contributed by atoms with Gasteiger partial charge in [-0.2, -0.15) is 0 Å². The van der Waals surface area contributed by atoms with Gasteiger partial charge in [0, 0.05) is 37.2 Å². The van der Waals surface area contributed by atoms with E-state index in [1.807, 2.05) is 31.4 Å². The molecule has 6 heteroatoms. The number of carbonyl (C=O) groups excluding carboxylic acids is 1. The van der Waals surface area contributed by atoms with Gasteiger partial charge in [0.05, 0.1) is 6.54 Å². The van der Waals surface area contributed by atoms with E-state index in [-0.39, 0.29) is 23.9 Å². The Morgan fingerprint density at radius 2 is 1.94 bits per heavy atom. The fraction of sp³-hybridized carbons (Fsp3) is 0.520. The van der Waals surface area contributed by atoms with Crippen molar-refractivity contribution in [3.05, 3.63) is 68.9 Å². The van der Waals surface area contributed by atoms with Gasteiger partial charge in [-0.25, -0.2) is 9.18 Å². The predicted molar refractivity (Wildman–Crippen MR) is 118 cm³/mol. The van der Waals surface area contributed by atoms with E-state index in [2.05, 4.69) is 0 Å². The number of halogens is 1. The minimum absolute atomic E-state index is 0.0281. The number of hydrogen-bond donors (Lipinski definition) is 0. The van der Waals surface area contributed by atoms with Crippen molar-refractivity contribution in [1.82, 2.24) is 9.47 Å². The van der Waals surface area contributed by atoms with Crippen LogP contribution in [0.25, 0.3) is 0 Å². The number of hydrogen-bond acceptors (Lipinski definition) is 3. The third-order valence-corrected chi connectivity index (χ3v) is 6.20. The first-order valence-corrected chi connectivity index (χ1v) is 11.2. The molecule has 1 amide bonds. The molecule has 0 saturated heterocycles. The van der Waals surface area contributed by atoms with Crippen LogP contribution in [0.4, 0.5) is 9.18 Å². The second kappa shape index (κ2) is 8.48. The van der Waals surface area contributed by atoms with Crippen molar-refractivity contribution in [1.29, 1.82) is 0 Å². The van der Waals surface area contributed by atoms with Gasteiger partial charge < -0.3 is 14.2 Å². The van der Waals surface area contributed by atoms with Crippen LogP contribution in [0.3, 0.4) is 0 Å². The summed E-state index contributed by atoms with van der Waals surface area (Å²) in [5, 5.41) is 0. The lowest BCUT2D eigenvalue weighted by Gasteiger charge is -2.34. The number of carbonyl (C=O) groups is 1. The van der Waals surface area contributed by atoms with Crippen molar-refractivity contribution < 1.29 is 13.9 Å². The molecule has 1 aromatic heterocycles. The summed E-state index contributed by atoms with van der Waals surface area (Å²) in [7, 11) is 0. The first kappa shape index (κ1) is 21.6. The molecule has 166 valence electrons. The Bertz CT molecular complexity index is 1030. The van der Waals surface area contributed by atoms with Crippen molar-refractivity contribution in [2.24, 2.45) is 5.92 Å². The lowest BCUT2D eigenvalue weighted by Crippen LogP contribution is -2.43. The van der Waals surface area contributed by atoms with E-state index in [4.69, 9.17) is 4.74 Å². The van der Waals surface area contributed by atoms with E-state index in [1.54, 1.807) is 23.1 Å². The number of fused-ring (bicyclic) bond motifs is 1. The van der Waals surface area contributed by atoms with E-state index in [0.717, 1.165) is 24.1 Å². The van der Waals surface area contributed by atoms with Crippen LogP contribution < -0.4 is 5.56 Å². The summed E-state index contributed by atoms with van der Waals surface area (Å²) in [5.41, 5.74) is 2.47. The van der Waals surface area contributed by atoms with Gasteiger partial charge in [0.1, 0.15) is 11.4 Å². The largest absolute Gasteiger partial charge is 0.444 e. The van der Waals surface area contributed by atoms with Crippen molar-refractivity contribution in [2.45, 2.75) is 71.6 Å². The summed E-state index contributed by atoms with van der Waals surface area (Å²) in [5.74, 6) is 0.218. The molecule has 4 rings (SSSR count). The normalized spacial score (nSPS) is 16.6. The summed E-state index contributed by atoms with van der Waals surface area (Å²) in [6, 6.07) is 8.45. The minimum Gasteiger partial charge on any atom is -0.444 e. The lowest BCUT2D eigenvalue weighted by molar-refractivity contribution is 0.0220. The highest BCUT2D eigenvalue weighted by atomic mass is 19.1. The topological polar surface area (TPSA) is 51.5 Å². The number of ether oxygens (including phenoxy) is 1.